The number of hydrogen-bond acceptors (Lipinski definition) is 8. The third-order valence-corrected chi connectivity index (χ3v) is 5.29. The van der Waals surface area contributed by atoms with E-state index in [-0.39, 0.29) is 31.2 Å². The quantitative estimate of drug-likeness (QED) is 0.0557. The Kier molecular flexibility index (Phi) is 11.4. The molecule has 0 aliphatic carbocycles. The number of hydrogen-bond donors (Lipinski definition) is 8. The largest absolute Gasteiger partial charge is 0.481 e. The second kappa shape index (κ2) is 13.5. The van der Waals surface area contributed by atoms with Crippen LogP contribution in [0.5, 0.6) is 0 Å². The first-order valence-electron chi connectivity index (χ1n) is 10.3. The Hall–Kier alpha value is -3.07. The maximum Gasteiger partial charge on any atom is 0.327 e. The SMILES string of the molecule is NC(N)=NCCCC(NC(=O)C(N)CC(=O)O)C(=O)N1CCCC1C(=O)NC(CS)C(=O)O. The summed E-state index contributed by atoms with van der Waals surface area (Å²) >= 11 is 3.90. The van der Waals surface area contributed by atoms with Crippen LogP contribution < -0.4 is 27.8 Å². The molecule has 1 aliphatic heterocycles. The Morgan fingerprint density at radius 1 is 1.12 bits per heavy atom. The number of thiol groups is 1. The minimum absolute atomic E-state index is 0.0976. The number of carbonyl (C=O) groups excluding carboxylic acids is 3. The number of carboxylic acids is 2. The lowest BCUT2D eigenvalue weighted by Gasteiger charge is -2.29. The van der Waals surface area contributed by atoms with Crippen LogP contribution >= 0.6 is 12.6 Å². The Morgan fingerprint density at radius 2 is 1.79 bits per heavy atom. The molecule has 0 spiro atoms. The van der Waals surface area contributed by atoms with Gasteiger partial charge in [-0.3, -0.25) is 24.2 Å². The van der Waals surface area contributed by atoms with E-state index in [1.807, 2.05) is 0 Å². The first-order valence-corrected chi connectivity index (χ1v) is 10.9. The molecule has 3 amide bonds. The van der Waals surface area contributed by atoms with Crippen LogP contribution in [0.4, 0.5) is 0 Å². The summed E-state index contributed by atoms with van der Waals surface area (Å²) in [5.74, 6) is -4.86. The van der Waals surface area contributed by atoms with Gasteiger partial charge >= 0.3 is 11.9 Å². The standard InChI is InChI=1S/C18H31N7O7S/c19-9(7-13(26)27)14(28)23-10(3-1-5-22-18(20)21)16(30)25-6-2-4-12(25)15(29)24-11(8-33)17(31)32/h9-12,33H,1-8,19H2,(H,23,28)(H,24,29)(H,26,27)(H,31,32)(H4,20,21,22). The highest BCUT2D eigenvalue weighted by molar-refractivity contribution is 7.80. The van der Waals surface area contributed by atoms with Gasteiger partial charge in [0.2, 0.25) is 17.7 Å². The Balaban J connectivity index is 2.97. The zero-order valence-corrected chi connectivity index (χ0v) is 18.9. The third kappa shape index (κ3) is 9.13. The highest BCUT2D eigenvalue weighted by atomic mass is 32.1. The van der Waals surface area contributed by atoms with Crippen LogP contribution in [-0.2, 0) is 24.0 Å². The van der Waals surface area contributed by atoms with Gasteiger partial charge in [0.05, 0.1) is 12.5 Å². The first-order chi connectivity index (χ1) is 15.5. The van der Waals surface area contributed by atoms with Crippen molar-refractivity contribution < 1.29 is 34.2 Å². The van der Waals surface area contributed by atoms with Crippen molar-refractivity contribution in [1.29, 1.82) is 0 Å². The van der Waals surface area contributed by atoms with Gasteiger partial charge in [-0.15, -0.1) is 0 Å². The second-order valence-corrected chi connectivity index (χ2v) is 7.85. The van der Waals surface area contributed by atoms with E-state index in [9.17, 15) is 24.0 Å². The van der Waals surface area contributed by atoms with E-state index in [0.717, 1.165) is 0 Å². The number of rotatable bonds is 13. The number of aliphatic imine (C=N–C) groups is 1. The number of aliphatic carboxylic acids is 2. The summed E-state index contributed by atoms with van der Waals surface area (Å²) < 4.78 is 0. The summed E-state index contributed by atoms with van der Waals surface area (Å²) in [6.07, 6.45) is 0.573. The van der Waals surface area contributed by atoms with Gasteiger partial charge in [0, 0.05) is 18.8 Å². The van der Waals surface area contributed by atoms with E-state index in [2.05, 4.69) is 28.3 Å². The van der Waals surface area contributed by atoms with Crippen molar-refractivity contribution in [2.75, 3.05) is 18.8 Å². The maximum absolute atomic E-state index is 13.2. The molecule has 4 unspecified atom stereocenters. The number of amides is 3. The van der Waals surface area contributed by atoms with Crippen LogP contribution in [0.1, 0.15) is 32.1 Å². The minimum Gasteiger partial charge on any atom is -0.481 e. The topological polar surface area (TPSA) is 244 Å². The fourth-order valence-corrected chi connectivity index (χ4v) is 3.52. The van der Waals surface area contributed by atoms with E-state index < -0.39 is 60.2 Å². The molecule has 186 valence electrons. The van der Waals surface area contributed by atoms with Gasteiger partial charge in [-0.05, 0) is 25.7 Å². The smallest absolute Gasteiger partial charge is 0.327 e. The minimum atomic E-state index is -1.38. The summed E-state index contributed by atoms with van der Waals surface area (Å²) in [5, 5.41) is 22.8. The summed E-state index contributed by atoms with van der Waals surface area (Å²) in [6.45, 7) is 0.395. The van der Waals surface area contributed by atoms with Crippen LogP contribution in [0.3, 0.4) is 0 Å². The van der Waals surface area contributed by atoms with Gasteiger partial charge in [0.15, 0.2) is 5.96 Å². The molecular formula is C18H31N7O7S. The van der Waals surface area contributed by atoms with E-state index in [1.54, 1.807) is 0 Å². The second-order valence-electron chi connectivity index (χ2n) is 7.49. The van der Waals surface area contributed by atoms with Crippen molar-refractivity contribution in [3.8, 4) is 0 Å². The predicted octanol–water partition coefficient (Wildman–Crippen LogP) is -3.18. The van der Waals surface area contributed by atoms with Crippen LogP contribution in [0.25, 0.3) is 0 Å². The van der Waals surface area contributed by atoms with Crippen LogP contribution in [0.15, 0.2) is 4.99 Å². The Bertz CT molecular complexity index is 775. The number of nitrogens with one attached hydrogen (secondary N) is 2. The lowest BCUT2D eigenvalue weighted by atomic mass is 10.1. The van der Waals surface area contributed by atoms with Crippen LogP contribution in [0, 0.1) is 0 Å². The maximum atomic E-state index is 13.2. The Morgan fingerprint density at radius 3 is 2.33 bits per heavy atom. The van der Waals surface area contributed by atoms with Gasteiger partial charge in [-0.1, -0.05) is 0 Å². The van der Waals surface area contributed by atoms with E-state index in [4.69, 9.17) is 27.4 Å². The summed E-state index contributed by atoms with van der Waals surface area (Å²) in [4.78, 5) is 65.3. The zero-order chi connectivity index (χ0) is 25.1. The number of nitrogens with zero attached hydrogens (tertiary/aromatic N) is 2. The molecule has 1 fully saturated rings. The Labute approximate surface area is 195 Å². The highest BCUT2D eigenvalue weighted by Crippen LogP contribution is 2.20. The van der Waals surface area contributed by atoms with Gasteiger partial charge < -0.3 is 42.9 Å². The van der Waals surface area contributed by atoms with Crippen LogP contribution in [-0.4, -0.2) is 93.7 Å². The number of nitrogens with two attached hydrogens (primary N) is 3. The van der Waals surface area contributed by atoms with Crippen molar-refractivity contribution in [3.05, 3.63) is 0 Å². The molecule has 0 radical (unpaired) electrons. The molecule has 14 nitrogen and oxygen atoms in total. The number of carboxylic acid groups (broad SMARTS) is 2. The van der Waals surface area contributed by atoms with E-state index >= 15 is 0 Å². The molecule has 0 aromatic heterocycles. The molecule has 0 bridgehead atoms. The summed E-state index contributed by atoms with van der Waals surface area (Å²) in [7, 11) is 0. The van der Waals surface area contributed by atoms with Crippen LogP contribution in [0.2, 0.25) is 0 Å². The zero-order valence-electron chi connectivity index (χ0n) is 18.0. The third-order valence-electron chi connectivity index (χ3n) is 4.93. The van der Waals surface area contributed by atoms with Crippen molar-refractivity contribution in [3.63, 3.8) is 0 Å². The molecule has 33 heavy (non-hydrogen) atoms. The number of guanidine groups is 1. The molecule has 1 rings (SSSR count). The lowest BCUT2D eigenvalue weighted by Crippen LogP contribution is -2.57. The molecule has 0 aromatic rings. The average molecular weight is 490 g/mol. The van der Waals surface area contributed by atoms with Gasteiger partial charge in [0.1, 0.15) is 18.1 Å². The molecule has 1 aliphatic rings. The molecule has 0 aromatic carbocycles. The van der Waals surface area contributed by atoms with Crippen molar-refractivity contribution in [2.45, 2.75) is 56.3 Å². The average Bonchev–Trinajstić information content (AvgIpc) is 3.22. The molecular weight excluding hydrogens is 458 g/mol. The first kappa shape index (κ1) is 28.0. The molecule has 15 heteroatoms. The molecule has 1 saturated heterocycles. The highest BCUT2D eigenvalue weighted by Gasteiger charge is 2.39. The van der Waals surface area contributed by atoms with Crippen molar-refractivity contribution in [1.82, 2.24) is 15.5 Å². The fraction of sp³-hybridized carbons (Fsp3) is 0.667. The van der Waals surface area contributed by atoms with E-state index in [1.165, 1.54) is 4.90 Å². The molecule has 10 N–H and O–H groups in total. The van der Waals surface area contributed by atoms with E-state index in [0.29, 0.717) is 19.3 Å². The lowest BCUT2D eigenvalue weighted by molar-refractivity contribution is -0.144. The summed E-state index contributed by atoms with van der Waals surface area (Å²) in [5.41, 5.74) is 16.1. The fourth-order valence-electron chi connectivity index (χ4n) is 3.28. The number of likely N-dealkylation sites (tertiary alicyclic amines) is 1. The molecule has 0 saturated carbocycles. The van der Waals surface area contributed by atoms with Gasteiger partial charge in [-0.25, -0.2) is 4.79 Å². The number of carbonyl (C=O) groups is 5. The normalized spacial score (nSPS) is 18.0. The predicted molar refractivity (Wildman–Crippen MR) is 120 cm³/mol. The van der Waals surface area contributed by atoms with Gasteiger partial charge in [-0.2, -0.15) is 12.6 Å². The van der Waals surface area contributed by atoms with Crippen molar-refractivity contribution in [2.24, 2.45) is 22.2 Å². The summed E-state index contributed by atoms with van der Waals surface area (Å²) in [6, 6.07) is -4.63. The van der Waals surface area contributed by atoms with Crippen molar-refractivity contribution >= 4 is 48.2 Å². The molecule has 4 atom stereocenters. The molecule has 1 heterocycles. The monoisotopic (exact) mass is 489 g/mol. The van der Waals surface area contributed by atoms with Gasteiger partial charge in [0.25, 0.3) is 0 Å².